The molecule has 7 nitrogen and oxygen atoms in total. The minimum absolute atomic E-state index is 0.107. The van der Waals surface area contributed by atoms with Crippen LogP contribution in [0, 0.1) is 13.8 Å². The quantitative estimate of drug-likeness (QED) is 0.718. The van der Waals surface area contributed by atoms with Crippen molar-refractivity contribution >= 4 is 11.9 Å². The summed E-state index contributed by atoms with van der Waals surface area (Å²) < 4.78 is 23.1. The number of carbonyl (C=O) groups excluding carboxylic acids is 1. The maximum absolute atomic E-state index is 13.0. The summed E-state index contributed by atoms with van der Waals surface area (Å²) in [5.74, 6) is 3.02. The molecule has 2 aromatic rings. The molecular weight excluding hydrogens is 384 g/mol. The Hall–Kier alpha value is -2.61. The third-order valence-electron chi connectivity index (χ3n) is 5.86. The number of hydrogen-bond donors (Lipinski definition) is 0. The lowest BCUT2D eigenvalue weighted by Crippen LogP contribution is -2.43. The zero-order valence-electron chi connectivity index (χ0n) is 17.4. The largest absolute Gasteiger partial charge is 0.478 e. The number of furan rings is 1. The summed E-state index contributed by atoms with van der Waals surface area (Å²) in [5, 5.41) is 0. The van der Waals surface area contributed by atoms with Gasteiger partial charge in [-0.05, 0) is 37.6 Å². The lowest BCUT2D eigenvalue weighted by molar-refractivity contribution is 0.0239. The molecule has 5 rings (SSSR count). The first-order valence-corrected chi connectivity index (χ1v) is 10.4. The van der Waals surface area contributed by atoms with Crippen LogP contribution >= 0.6 is 0 Å². The lowest BCUT2D eigenvalue weighted by Gasteiger charge is -2.33. The Morgan fingerprint density at radius 2 is 1.90 bits per heavy atom. The number of allylic oxidation sites excluding steroid dienone is 1. The van der Waals surface area contributed by atoms with Crippen LogP contribution in [0.25, 0.3) is 6.08 Å². The Labute approximate surface area is 175 Å². The van der Waals surface area contributed by atoms with E-state index >= 15 is 0 Å². The normalized spacial score (nSPS) is 20.7. The van der Waals surface area contributed by atoms with Gasteiger partial charge in [0, 0.05) is 38.8 Å². The van der Waals surface area contributed by atoms with Gasteiger partial charge < -0.3 is 18.6 Å². The van der Waals surface area contributed by atoms with Crippen LogP contribution in [-0.4, -0.2) is 61.7 Å². The van der Waals surface area contributed by atoms with E-state index in [1.165, 1.54) is 0 Å². The lowest BCUT2D eigenvalue weighted by atomic mass is 9.99. The minimum Gasteiger partial charge on any atom is -0.478 e. The van der Waals surface area contributed by atoms with Crippen LogP contribution in [0.4, 0.5) is 0 Å². The van der Waals surface area contributed by atoms with E-state index in [-0.39, 0.29) is 5.78 Å². The van der Waals surface area contributed by atoms with E-state index in [4.69, 9.17) is 18.6 Å². The Morgan fingerprint density at radius 1 is 1.10 bits per heavy atom. The van der Waals surface area contributed by atoms with Gasteiger partial charge in [0.1, 0.15) is 29.8 Å². The van der Waals surface area contributed by atoms with Crippen molar-refractivity contribution in [2.75, 3.05) is 46.1 Å². The number of Topliss-reactive ketones (excluding diaryl/α,β-unsaturated/α-hetero) is 1. The van der Waals surface area contributed by atoms with Gasteiger partial charge in [0.25, 0.3) is 0 Å². The predicted octanol–water partition coefficient (Wildman–Crippen LogP) is 3.00. The Balaban J connectivity index is 1.37. The van der Waals surface area contributed by atoms with Crippen molar-refractivity contribution in [3.05, 3.63) is 52.2 Å². The van der Waals surface area contributed by atoms with Crippen molar-refractivity contribution < 1.29 is 23.4 Å². The first kappa shape index (κ1) is 19.4. The highest BCUT2D eigenvalue weighted by Gasteiger charge is 2.35. The number of fused-ring (bicyclic) bond motifs is 3. The first-order valence-electron chi connectivity index (χ1n) is 10.4. The monoisotopic (exact) mass is 410 g/mol. The molecule has 1 aromatic heterocycles. The summed E-state index contributed by atoms with van der Waals surface area (Å²) in [6.07, 6.45) is 1.67. The van der Waals surface area contributed by atoms with Gasteiger partial charge in [-0.2, -0.15) is 0 Å². The van der Waals surface area contributed by atoms with Crippen LogP contribution in [-0.2, 0) is 11.3 Å². The molecule has 4 heterocycles. The second kappa shape index (κ2) is 7.91. The topological polar surface area (TPSA) is 64.4 Å². The van der Waals surface area contributed by atoms with Crippen molar-refractivity contribution in [3.8, 4) is 11.5 Å². The summed E-state index contributed by atoms with van der Waals surface area (Å²) in [5.41, 5.74) is 2.44. The number of nitrogens with zero attached hydrogens (tertiary/aromatic N) is 2. The first-order chi connectivity index (χ1) is 14.6. The third kappa shape index (κ3) is 3.64. The van der Waals surface area contributed by atoms with Crippen molar-refractivity contribution in [3.63, 3.8) is 0 Å². The number of ether oxygens (including phenoxy) is 3. The Kier molecular flexibility index (Phi) is 5.10. The van der Waals surface area contributed by atoms with E-state index in [1.807, 2.05) is 32.0 Å². The molecule has 0 atom stereocenters. The van der Waals surface area contributed by atoms with Crippen LogP contribution in [0.5, 0.6) is 11.5 Å². The second-order valence-corrected chi connectivity index (χ2v) is 8.04. The van der Waals surface area contributed by atoms with Crippen LogP contribution in [0.2, 0.25) is 0 Å². The fourth-order valence-electron chi connectivity index (χ4n) is 4.19. The van der Waals surface area contributed by atoms with E-state index in [2.05, 4.69) is 9.80 Å². The third-order valence-corrected chi connectivity index (χ3v) is 5.86. The summed E-state index contributed by atoms with van der Waals surface area (Å²) in [6, 6.07) is 5.65. The fourth-order valence-corrected chi connectivity index (χ4v) is 4.19. The second-order valence-electron chi connectivity index (χ2n) is 8.04. The van der Waals surface area contributed by atoms with E-state index < -0.39 is 0 Å². The average Bonchev–Trinajstić information content (AvgIpc) is 3.31. The SMILES string of the molecule is Cc1ccc(/C=C2\Oc3c4c(cc(C)c3C2=O)OCN(CCN2CCOCC2)C4)o1. The molecule has 0 saturated carbocycles. The molecule has 0 amide bonds. The number of rotatable bonds is 4. The summed E-state index contributed by atoms with van der Waals surface area (Å²) in [7, 11) is 0. The molecule has 7 heteroatoms. The molecule has 158 valence electrons. The standard InChI is InChI=1S/C23H26N2O5/c1-15-11-19-18(13-25(14-28-19)6-5-24-7-9-27-10-8-24)23-21(15)22(26)20(30-23)12-17-4-3-16(2)29-17/h3-4,11-12H,5-10,13-14H2,1-2H3/b20-12-. The summed E-state index contributed by atoms with van der Waals surface area (Å²) >= 11 is 0. The highest BCUT2D eigenvalue weighted by Crippen LogP contribution is 2.44. The minimum atomic E-state index is -0.107. The molecule has 1 aromatic carbocycles. The van der Waals surface area contributed by atoms with Crippen molar-refractivity contribution in [2.45, 2.75) is 20.4 Å². The number of morpholine rings is 1. The molecular formula is C23H26N2O5. The Morgan fingerprint density at radius 3 is 2.67 bits per heavy atom. The van der Waals surface area contributed by atoms with Crippen molar-refractivity contribution in [1.29, 1.82) is 0 Å². The molecule has 0 N–H and O–H groups in total. The molecule has 0 spiro atoms. The molecule has 30 heavy (non-hydrogen) atoms. The smallest absolute Gasteiger partial charge is 0.232 e. The number of benzene rings is 1. The van der Waals surface area contributed by atoms with E-state index in [0.717, 1.165) is 62.0 Å². The van der Waals surface area contributed by atoms with E-state index in [0.29, 0.717) is 36.1 Å². The highest BCUT2D eigenvalue weighted by atomic mass is 16.5. The molecule has 1 saturated heterocycles. The predicted molar refractivity (Wildman–Crippen MR) is 111 cm³/mol. The van der Waals surface area contributed by atoms with Gasteiger partial charge in [-0.3, -0.25) is 14.6 Å². The maximum atomic E-state index is 13.0. The highest BCUT2D eigenvalue weighted by molar-refractivity contribution is 6.15. The van der Waals surface area contributed by atoms with E-state index in [9.17, 15) is 4.79 Å². The fraction of sp³-hybridized carbons (Fsp3) is 0.435. The van der Waals surface area contributed by atoms with Gasteiger partial charge in [-0.25, -0.2) is 0 Å². The van der Waals surface area contributed by atoms with Gasteiger partial charge in [-0.15, -0.1) is 0 Å². The molecule has 0 aliphatic carbocycles. The molecule has 0 radical (unpaired) electrons. The van der Waals surface area contributed by atoms with Crippen LogP contribution < -0.4 is 9.47 Å². The maximum Gasteiger partial charge on any atom is 0.232 e. The molecule has 3 aliphatic heterocycles. The average molecular weight is 410 g/mol. The van der Waals surface area contributed by atoms with Crippen molar-refractivity contribution in [2.24, 2.45) is 0 Å². The van der Waals surface area contributed by atoms with Gasteiger partial charge in [0.2, 0.25) is 5.78 Å². The summed E-state index contributed by atoms with van der Waals surface area (Å²) in [4.78, 5) is 17.7. The van der Waals surface area contributed by atoms with Gasteiger partial charge in [-0.1, -0.05) is 0 Å². The van der Waals surface area contributed by atoms with E-state index in [1.54, 1.807) is 6.08 Å². The summed E-state index contributed by atoms with van der Waals surface area (Å²) in [6.45, 7) is 10.4. The van der Waals surface area contributed by atoms with Crippen LogP contribution in [0.1, 0.15) is 33.0 Å². The Bertz CT molecular complexity index is 1000. The van der Waals surface area contributed by atoms with Gasteiger partial charge in [0.15, 0.2) is 5.76 Å². The zero-order chi connectivity index (χ0) is 20.7. The van der Waals surface area contributed by atoms with Gasteiger partial charge in [0.05, 0.1) is 24.3 Å². The number of hydrogen-bond acceptors (Lipinski definition) is 7. The number of ketones is 1. The number of carbonyl (C=O) groups is 1. The molecule has 3 aliphatic rings. The van der Waals surface area contributed by atoms with Crippen molar-refractivity contribution in [1.82, 2.24) is 9.80 Å². The van der Waals surface area contributed by atoms with Crippen LogP contribution in [0.15, 0.2) is 28.4 Å². The molecule has 1 fully saturated rings. The zero-order valence-corrected chi connectivity index (χ0v) is 17.4. The van der Waals surface area contributed by atoms with Gasteiger partial charge >= 0.3 is 0 Å². The number of aryl methyl sites for hydroxylation is 2. The van der Waals surface area contributed by atoms with Crippen LogP contribution in [0.3, 0.4) is 0 Å². The molecule has 0 unspecified atom stereocenters. The molecule has 0 bridgehead atoms.